The zero-order valence-corrected chi connectivity index (χ0v) is 24.9. The number of ether oxygens (including phenoxy) is 4. The third-order valence-corrected chi connectivity index (χ3v) is 7.56. The fourth-order valence-corrected chi connectivity index (χ4v) is 5.48. The fraction of sp³-hybridized carbons (Fsp3) is 0.667. The monoisotopic (exact) mass is 562 g/mol. The molecule has 2 aliphatic rings. The van der Waals surface area contributed by atoms with Crippen molar-refractivity contribution >= 4 is 35.4 Å². The summed E-state index contributed by atoms with van der Waals surface area (Å²) in [4.78, 5) is 77.6. The van der Waals surface area contributed by atoms with E-state index in [1.807, 2.05) is 0 Å². The Kier molecular flexibility index (Phi) is 10.3. The number of hydrogen-bond acceptors (Lipinski definition) is 10. The molecule has 0 radical (unpaired) electrons. The zero-order chi connectivity index (χ0) is 30.7. The van der Waals surface area contributed by atoms with Crippen LogP contribution >= 0.6 is 0 Å². The summed E-state index contributed by atoms with van der Waals surface area (Å²) < 4.78 is 23.0. The van der Waals surface area contributed by atoms with Crippen LogP contribution in [0.2, 0.25) is 0 Å². The molecule has 2 aliphatic carbocycles. The molecule has 0 amide bonds. The largest absolute Gasteiger partial charge is 0.462 e. The fourth-order valence-electron chi connectivity index (χ4n) is 5.48. The van der Waals surface area contributed by atoms with Gasteiger partial charge in [0.2, 0.25) is 0 Å². The molecule has 7 atom stereocenters. The average Bonchev–Trinajstić information content (AvgIpc) is 3.08. The van der Waals surface area contributed by atoms with Crippen LogP contribution in [0.3, 0.4) is 0 Å². The standard InChI is InChI=1S/C30H42O10/c1-15(2)28(36)39-22-13-23(34)29(9,10)12-11-16(3)27(35)30(40-21(8)33)14-17(4)25(37-19(6)31)24(30)26(18(22)5)38-20(7)32/h11-12,15-17,22,24-26H,5,13-14H2,1-4,6-10H3/b12-11+/t16-,17+,22-,24-,25+,26+,30-/m1/s1. The highest BCUT2D eigenvalue weighted by molar-refractivity contribution is 5.94. The Hall–Kier alpha value is -3.30. The van der Waals surface area contributed by atoms with Crippen molar-refractivity contribution in [2.45, 2.75) is 99.1 Å². The number of hydrogen-bond donors (Lipinski definition) is 0. The van der Waals surface area contributed by atoms with Crippen LogP contribution in [0.5, 0.6) is 0 Å². The van der Waals surface area contributed by atoms with E-state index in [0.29, 0.717) is 0 Å². The first-order valence-electron chi connectivity index (χ1n) is 13.5. The van der Waals surface area contributed by atoms with Crippen LogP contribution in [0.1, 0.15) is 75.2 Å². The smallest absolute Gasteiger partial charge is 0.308 e. The minimum Gasteiger partial charge on any atom is -0.462 e. The molecule has 222 valence electrons. The number of esters is 4. The van der Waals surface area contributed by atoms with E-state index in [2.05, 4.69) is 6.58 Å². The zero-order valence-electron chi connectivity index (χ0n) is 24.9. The number of Topliss-reactive ketones (excluding diaryl/α,β-unsaturated/α-hetero) is 2. The average molecular weight is 563 g/mol. The molecule has 0 unspecified atom stereocenters. The quantitative estimate of drug-likeness (QED) is 0.277. The van der Waals surface area contributed by atoms with E-state index in [-0.39, 0.29) is 24.2 Å². The summed E-state index contributed by atoms with van der Waals surface area (Å²) in [5.41, 5.74) is -2.95. The Morgan fingerprint density at radius 1 is 0.950 bits per heavy atom. The predicted molar refractivity (Wildman–Crippen MR) is 143 cm³/mol. The predicted octanol–water partition coefficient (Wildman–Crippen LogP) is 3.69. The Labute approximate surface area is 235 Å². The van der Waals surface area contributed by atoms with Gasteiger partial charge in [-0.25, -0.2) is 0 Å². The third-order valence-electron chi connectivity index (χ3n) is 7.56. The molecule has 40 heavy (non-hydrogen) atoms. The van der Waals surface area contributed by atoms with Crippen molar-refractivity contribution in [2.75, 3.05) is 0 Å². The molecule has 0 aromatic carbocycles. The lowest BCUT2D eigenvalue weighted by atomic mass is 9.73. The lowest BCUT2D eigenvalue weighted by molar-refractivity contribution is -0.185. The molecule has 1 saturated carbocycles. The summed E-state index contributed by atoms with van der Waals surface area (Å²) in [7, 11) is 0. The number of carbonyl (C=O) groups is 6. The van der Waals surface area contributed by atoms with Crippen molar-refractivity contribution in [3.05, 3.63) is 24.3 Å². The van der Waals surface area contributed by atoms with Gasteiger partial charge in [-0.1, -0.05) is 46.4 Å². The highest BCUT2D eigenvalue weighted by Gasteiger charge is 2.65. The first-order chi connectivity index (χ1) is 18.3. The topological polar surface area (TPSA) is 139 Å². The lowest BCUT2D eigenvalue weighted by Crippen LogP contribution is -2.57. The van der Waals surface area contributed by atoms with Crippen molar-refractivity contribution in [3.63, 3.8) is 0 Å². The second-order valence-corrected chi connectivity index (χ2v) is 11.8. The molecular formula is C30H42O10. The molecule has 0 bridgehead atoms. The van der Waals surface area contributed by atoms with Crippen molar-refractivity contribution in [1.82, 2.24) is 0 Å². The molecular weight excluding hydrogens is 520 g/mol. The molecule has 10 heteroatoms. The molecule has 0 saturated heterocycles. The maximum Gasteiger partial charge on any atom is 0.308 e. The number of ketones is 2. The van der Waals surface area contributed by atoms with Crippen LogP contribution in [0.15, 0.2) is 24.3 Å². The van der Waals surface area contributed by atoms with Crippen LogP contribution in [-0.2, 0) is 47.7 Å². The molecule has 0 N–H and O–H groups in total. The maximum atomic E-state index is 14.2. The van der Waals surface area contributed by atoms with E-state index in [9.17, 15) is 28.8 Å². The van der Waals surface area contributed by atoms with Gasteiger partial charge in [0.25, 0.3) is 0 Å². The number of carbonyl (C=O) groups excluding carboxylic acids is 6. The normalized spacial score (nSPS) is 33.2. The van der Waals surface area contributed by atoms with E-state index in [1.54, 1.807) is 53.7 Å². The maximum absolute atomic E-state index is 14.2. The van der Waals surface area contributed by atoms with Crippen molar-refractivity contribution in [3.8, 4) is 0 Å². The Bertz CT molecular complexity index is 1100. The summed E-state index contributed by atoms with van der Waals surface area (Å²) in [6.07, 6.45) is -0.882. The first-order valence-corrected chi connectivity index (χ1v) is 13.5. The van der Waals surface area contributed by atoms with E-state index >= 15 is 0 Å². The Morgan fingerprint density at radius 2 is 1.52 bits per heavy atom. The minimum atomic E-state index is -1.89. The molecule has 0 spiro atoms. The van der Waals surface area contributed by atoms with Gasteiger partial charge < -0.3 is 18.9 Å². The second-order valence-electron chi connectivity index (χ2n) is 11.8. The van der Waals surface area contributed by atoms with Gasteiger partial charge in [-0.3, -0.25) is 28.8 Å². The van der Waals surface area contributed by atoms with E-state index < -0.39 is 82.7 Å². The number of rotatable bonds is 5. The molecule has 0 aromatic heterocycles. The van der Waals surface area contributed by atoms with Gasteiger partial charge >= 0.3 is 23.9 Å². The molecule has 0 heterocycles. The summed E-state index contributed by atoms with van der Waals surface area (Å²) in [5.74, 6) is -6.77. The molecule has 2 rings (SSSR count). The Morgan fingerprint density at radius 3 is 2.02 bits per heavy atom. The summed E-state index contributed by atoms with van der Waals surface area (Å²) >= 11 is 0. The van der Waals surface area contributed by atoms with Crippen molar-refractivity contribution in [2.24, 2.45) is 29.1 Å². The van der Waals surface area contributed by atoms with Gasteiger partial charge in [0.15, 0.2) is 11.4 Å². The van der Waals surface area contributed by atoms with Gasteiger partial charge in [-0.2, -0.15) is 0 Å². The van der Waals surface area contributed by atoms with Gasteiger partial charge in [0, 0.05) is 50.5 Å². The van der Waals surface area contributed by atoms with Crippen LogP contribution < -0.4 is 0 Å². The third kappa shape index (κ3) is 7.06. The molecule has 10 nitrogen and oxygen atoms in total. The van der Waals surface area contributed by atoms with Gasteiger partial charge in [-0.05, 0) is 19.8 Å². The minimum absolute atomic E-state index is 0.00568. The van der Waals surface area contributed by atoms with E-state index in [0.717, 1.165) is 13.8 Å². The van der Waals surface area contributed by atoms with Crippen LogP contribution in [0.25, 0.3) is 0 Å². The SMILES string of the molecule is C=C1[C@H](OC(=O)C(C)C)CC(=O)C(C)(C)/C=C/[C@@H](C)C(=O)[C@@]2(OC(C)=O)C[C@H](C)[C@H](OC(C)=O)[C@@H]2[C@H]1OC(C)=O. The van der Waals surface area contributed by atoms with Crippen molar-refractivity contribution < 1.29 is 47.7 Å². The molecule has 0 aliphatic heterocycles. The van der Waals surface area contributed by atoms with E-state index in [4.69, 9.17) is 18.9 Å². The van der Waals surface area contributed by atoms with Gasteiger partial charge in [-0.15, -0.1) is 0 Å². The molecule has 0 aromatic rings. The van der Waals surface area contributed by atoms with E-state index in [1.165, 1.54) is 6.92 Å². The first kappa shape index (κ1) is 32.9. The summed E-state index contributed by atoms with van der Waals surface area (Å²) in [6, 6.07) is 0. The summed E-state index contributed by atoms with van der Waals surface area (Å²) in [6.45, 7) is 17.5. The summed E-state index contributed by atoms with van der Waals surface area (Å²) in [5, 5.41) is 0. The second kappa shape index (κ2) is 12.5. The van der Waals surface area contributed by atoms with Crippen molar-refractivity contribution in [1.29, 1.82) is 0 Å². The van der Waals surface area contributed by atoms with Crippen LogP contribution in [-0.4, -0.2) is 59.4 Å². The number of allylic oxidation sites excluding steroid dienone is 2. The highest BCUT2D eigenvalue weighted by Crippen LogP contribution is 2.50. The number of fused-ring (bicyclic) bond motifs is 1. The molecule has 1 fully saturated rings. The van der Waals surface area contributed by atoms with Gasteiger partial charge in [0.1, 0.15) is 24.1 Å². The van der Waals surface area contributed by atoms with Gasteiger partial charge in [0.05, 0.1) is 11.8 Å². The highest BCUT2D eigenvalue weighted by atomic mass is 16.6. The Balaban J connectivity index is 2.94. The van der Waals surface area contributed by atoms with Crippen LogP contribution in [0, 0.1) is 29.1 Å². The van der Waals surface area contributed by atoms with Crippen LogP contribution in [0.4, 0.5) is 0 Å². The lowest BCUT2D eigenvalue weighted by Gasteiger charge is -2.41.